The topological polar surface area (TPSA) is 116 Å². The number of aromatic nitrogens is 3. The van der Waals surface area contributed by atoms with E-state index in [4.69, 9.17) is 10.00 Å². The summed E-state index contributed by atoms with van der Waals surface area (Å²) in [6.45, 7) is 2.74. The molecule has 0 bridgehead atoms. The van der Waals surface area contributed by atoms with E-state index in [1.54, 1.807) is 36.4 Å². The monoisotopic (exact) mass is 362 g/mol. The smallest absolute Gasteiger partial charge is 0.275 e. The van der Waals surface area contributed by atoms with E-state index in [9.17, 15) is 4.79 Å². The molecule has 2 heterocycles. The number of H-pyrrole nitrogens is 1. The number of ether oxygens (including phenoxy) is 1. The molecule has 0 aliphatic heterocycles. The van der Waals surface area contributed by atoms with Crippen LogP contribution in [0.2, 0.25) is 0 Å². The summed E-state index contributed by atoms with van der Waals surface area (Å²) in [4.78, 5) is 22.8. The summed E-state index contributed by atoms with van der Waals surface area (Å²) < 4.78 is 5.70. The molecule has 0 aliphatic carbocycles. The lowest BCUT2D eigenvalue weighted by Gasteiger charge is -2.09. The molecule has 8 nitrogen and oxygen atoms in total. The van der Waals surface area contributed by atoms with Gasteiger partial charge in [-0.3, -0.25) is 9.78 Å². The summed E-state index contributed by atoms with van der Waals surface area (Å²) in [6, 6.07) is 12.3. The van der Waals surface area contributed by atoms with Crippen LogP contribution >= 0.6 is 0 Å². The average molecular weight is 362 g/mol. The number of anilines is 3. The molecule has 27 heavy (non-hydrogen) atoms. The summed E-state index contributed by atoms with van der Waals surface area (Å²) in [5, 5.41) is 14.9. The number of benzene rings is 1. The first kappa shape index (κ1) is 17.9. The van der Waals surface area contributed by atoms with Crippen LogP contribution in [-0.4, -0.2) is 21.5 Å². The zero-order valence-electron chi connectivity index (χ0n) is 14.7. The van der Waals surface area contributed by atoms with Crippen molar-refractivity contribution >= 4 is 17.3 Å². The number of nitriles is 1. The van der Waals surface area contributed by atoms with Gasteiger partial charge < -0.3 is 15.4 Å². The molecule has 136 valence electrons. The molecule has 0 unspecified atom stereocenters. The number of aromatic amines is 1. The Labute approximate surface area is 155 Å². The highest BCUT2D eigenvalue weighted by atomic mass is 16.5. The van der Waals surface area contributed by atoms with E-state index in [1.165, 1.54) is 12.4 Å². The molecule has 3 N–H and O–H groups in total. The predicted octanol–water partition coefficient (Wildman–Crippen LogP) is 3.39. The molecule has 0 saturated heterocycles. The molecule has 0 fully saturated rings. The molecular weight excluding hydrogens is 344 g/mol. The molecule has 3 aromatic rings. The lowest BCUT2D eigenvalue weighted by Crippen LogP contribution is -2.16. The molecule has 2 aromatic heterocycles. The van der Waals surface area contributed by atoms with E-state index in [1.807, 2.05) is 13.0 Å². The van der Waals surface area contributed by atoms with Crippen molar-refractivity contribution in [1.82, 2.24) is 15.0 Å². The molecule has 8 heteroatoms. The Kier molecular flexibility index (Phi) is 5.64. The van der Waals surface area contributed by atoms with Gasteiger partial charge in [-0.1, -0.05) is 6.92 Å². The number of pyridine rings is 1. The minimum atomic E-state index is -0.230. The van der Waals surface area contributed by atoms with Gasteiger partial charge in [-0.2, -0.15) is 5.26 Å². The van der Waals surface area contributed by atoms with Crippen LogP contribution in [0.5, 0.6) is 11.5 Å². The number of rotatable bonds is 7. The second kappa shape index (κ2) is 8.49. The van der Waals surface area contributed by atoms with Gasteiger partial charge in [0, 0.05) is 24.5 Å². The van der Waals surface area contributed by atoms with Crippen molar-refractivity contribution < 1.29 is 4.74 Å². The third kappa shape index (κ3) is 4.83. The lowest BCUT2D eigenvalue weighted by molar-refractivity contribution is 0.482. The molecule has 3 rings (SSSR count). The van der Waals surface area contributed by atoms with E-state index in [-0.39, 0.29) is 11.3 Å². The summed E-state index contributed by atoms with van der Waals surface area (Å²) in [6.07, 6.45) is 3.94. The highest BCUT2D eigenvalue weighted by Gasteiger charge is 2.04. The van der Waals surface area contributed by atoms with E-state index >= 15 is 0 Å². The minimum Gasteiger partial charge on any atom is -0.457 e. The Bertz CT molecular complexity index is 1010. The van der Waals surface area contributed by atoms with E-state index in [0.29, 0.717) is 29.7 Å². The Balaban J connectivity index is 1.66. The number of nitrogens with zero attached hydrogens (tertiary/aromatic N) is 3. The fourth-order valence-electron chi connectivity index (χ4n) is 2.26. The third-order valence-electron chi connectivity index (χ3n) is 3.56. The second-order valence-electron chi connectivity index (χ2n) is 5.64. The Hall–Kier alpha value is -3.86. The molecule has 0 amide bonds. The van der Waals surface area contributed by atoms with E-state index < -0.39 is 0 Å². The number of hydrogen-bond donors (Lipinski definition) is 3. The Morgan fingerprint density at radius 2 is 2.00 bits per heavy atom. The highest BCUT2D eigenvalue weighted by molar-refractivity contribution is 5.55. The summed E-state index contributed by atoms with van der Waals surface area (Å²) in [5.74, 6) is 1.49. The van der Waals surface area contributed by atoms with Gasteiger partial charge in [0.05, 0.1) is 6.20 Å². The SMILES string of the molecule is CCCNc1cnc(Nc2ccc(Oc3ccnc(C#N)c3)cc2)[nH]c1=O. The molecule has 0 atom stereocenters. The molecule has 1 aromatic carbocycles. The van der Waals surface area contributed by atoms with Gasteiger partial charge in [0.15, 0.2) is 0 Å². The highest BCUT2D eigenvalue weighted by Crippen LogP contribution is 2.23. The van der Waals surface area contributed by atoms with Crippen LogP contribution in [0.3, 0.4) is 0 Å². The van der Waals surface area contributed by atoms with E-state index in [0.717, 1.165) is 12.1 Å². The standard InChI is InChI=1S/C19H18N6O2/c1-2-8-22-17-12-23-19(25-18(17)26)24-13-3-5-15(6-4-13)27-16-7-9-21-14(10-16)11-20/h3-7,9-10,12,22H,2,8H2,1H3,(H2,23,24,25,26). The van der Waals surface area contributed by atoms with Crippen LogP contribution in [-0.2, 0) is 0 Å². The second-order valence-corrected chi connectivity index (χ2v) is 5.64. The molecule has 0 saturated carbocycles. The van der Waals surface area contributed by atoms with Crippen molar-refractivity contribution in [2.45, 2.75) is 13.3 Å². The van der Waals surface area contributed by atoms with Gasteiger partial charge in [-0.05, 0) is 36.8 Å². The molecule has 0 radical (unpaired) electrons. The number of hydrogen-bond acceptors (Lipinski definition) is 7. The fraction of sp³-hybridized carbons (Fsp3) is 0.158. The van der Waals surface area contributed by atoms with Crippen LogP contribution < -0.4 is 20.9 Å². The first-order valence-corrected chi connectivity index (χ1v) is 8.42. The van der Waals surface area contributed by atoms with Crippen LogP contribution in [0.25, 0.3) is 0 Å². The average Bonchev–Trinajstić information content (AvgIpc) is 2.69. The fourth-order valence-corrected chi connectivity index (χ4v) is 2.26. The summed E-state index contributed by atoms with van der Waals surface area (Å²) in [7, 11) is 0. The predicted molar refractivity (Wildman–Crippen MR) is 102 cm³/mol. The zero-order chi connectivity index (χ0) is 19.1. The quantitative estimate of drug-likeness (QED) is 0.590. The first-order chi connectivity index (χ1) is 13.2. The summed E-state index contributed by atoms with van der Waals surface area (Å²) in [5.41, 5.74) is 1.25. The molecule has 0 aliphatic rings. The maximum absolute atomic E-state index is 12.0. The first-order valence-electron chi connectivity index (χ1n) is 8.42. The molecular formula is C19H18N6O2. The van der Waals surface area contributed by atoms with Crippen molar-refractivity contribution in [2.75, 3.05) is 17.2 Å². The Morgan fingerprint density at radius 1 is 1.19 bits per heavy atom. The van der Waals surface area contributed by atoms with Crippen LogP contribution in [0.4, 0.5) is 17.3 Å². The molecule has 0 spiro atoms. The largest absolute Gasteiger partial charge is 0.457 e. The van der Waals surface area contributed by atoms with Crippen molar-refractivity contribution in [2.24, 2.45) is 0 Å². The van der Waals surface area contributed by atoms with Gasteiger partial charge in [0.2, 0.25) is 5.95 Å². The minimum absolute atomic E-state index is 0.230. The van der Waals surface area contributed by atoms with Gasteiger partial charge >= 0.3 is 0 Å². The van der Waals surface area contributed by atoms with Crippen LogP contribution in [0, 0.1) is 11.3 Å². The van der Waals surface area contributed by atoms with Crippen molar-refractivity contribution in [3.63, 3.8) is 0 Å². The van der Waals surface area contributed by atoms with E-state index in [2.05, 4.69) is 25.6 Å². The van der Waals surface area contributed by atoms with Crippen LogP contribution in [0.15, 0.2) is 53.6 Å². The van der Waals surface area contributed by atoms with Crippen molar-refractivity contribution in [3.8, 4) is 17.6 Å². The maximum atomic E-state index is 12.0. The lowest BCUT2D eigenvalue weighted by atomic mass is 10.3. The Morgan fingerprint density at radius 3 is 2.70 bits per heavy atom. The van der Waals surface area contributed by atoms with Crippen LogP contribution in [0.1, 0.15) is 19.0 Å². The van der Waals surface area contributed by atoms with Gasteiger partial charge in [0.25, 0.3) is 5.56 Å². The summed E-state index contributed by atoms with van der Waals surface area (Å²) >= 11 is 0. The number of nitrogens with one attached hydrogen (secondary N) is 3. The normalized spacial score (nSPS) is 10.1. The van der Waals surface area contributed by atoms with Gasteiger partial charge in [-0.25, -0.2) is 9.97 Å². The van der Waals surface area contributed by atoms with Gasteiger partial charge in [-0.15, -0.1) is 0 Å². The van der Waals surface area contributed by atoms with Crippen molar-refractivity contribution in [3.05, 3.63) is 64.8 Å². The third-order valence-corrected chi connectivity index (χ3v) is 3.56. The van der Waals surface area contributed by atoms with Gasteiger partial charge in [0.1, 0.15) is 28.9 Å². The van der Waals surface area contributed by atoms with Crippen molar-refractivity contribution in [1.29, 1.82) is 5.26 Å². The maximum Gasteiger partial charge on any atom is 0.275 e. The zero-order valence-corrected chi connectivity index (χ0v) is 14.7.